The first-order chi connectivity index (χ1) is 10.1. The van der Waals surface area contributed by atoms with Gasteiger partial charge in [-0.15, -0.1) is 11.3 Å². The highest BCUT2D eigenvalue weighted by atomic mass is 32.1. The van der Waals surface area contributed by atoms with E-state index in [1.54, 1.807) is 25.5 Å². The average Bonchev–Trinajstić information content (AvgIpc) is 2.93. The van der Waals surface area contributed by atoms with E-state index in [1.165, 1.54) is 11.3 Å². The number of amides is 2. The van der Waals surface area contributed by atoms with Gasteiger partial charge in [-0.1, -0.05) is 11.8 Å². The van der Waals surface area contributed by atoms with Crippen molar-refractivity contribution in [1.29, 1.82) is 0 Å². The molecule has 114 valence electrons. The maximum absolute atomic E-state index is 12.1. The fourth-order valence-electron chi connectivity index (χ4n) is 1.48. The molecule has 6 nitrogen and oxygen atoms in total. The lowest BCUT2D eigenvalue weighted by atomic mass is 10.2. The van der Waals surface area contributed by atoms with Crippen molar-refractivity contribution in [2.24, 2.45) is 0 Å². The molecule has 0 saturated heterocycles. The minimum Gasteiger partial charge on any atom is -0.384 e. The SMILES string of the molecule is COCCNC(=O)C(C)NC(=O)c1sccc1C#CCO. The van der Waals surface area contributed by atoms with Crippen LogP contribution in [-0.2, 0) is 9.53 Å². The van der Waals surface area contributed by atoms with E-state index in [4.69, 9.17) is 9.84 Å². The van der Waals surface area contributed by atoms with Crippen molar-refractivity contribution in [3.05, 3.63) is 21.9 Å². The number of hydrogen-bond donors (Lipinski definition) is 3. The Morgan fingerprint density at radius 3 is 2.95 bits per heavy atom. The molecule has 1 aromatic heterocycles. The fourth-order valence-corrected chi connectivity index (χ4v) is 2.23. The number of hydrogen-bond acceptors (Lipinski definition) is 5. The van der Waals surface area contributed by atoms with E-state index < -0.39 is 6.04 Å². The molecule has 0 aliphatic rings. The van der Waals surface area contributed by atoms with Crippen LogP contribution in [0.4, 0.5) is 0 Å². The predicted octanol–water partition coefficient (Wildman–Crippen LogP) is -0.0272. The van der Waals surface area contributed by atoms with Crippen molar-refractivity contribution in [2.75, 3.05) is 26.9 Å². The van der Waals surface area contributed by atoms with Crippen LogP contribution < -0.4 is 10.6 Å². The lowest BCUT2D eigenvalue weighted by molar-refractivity contribution is -0.122. The van der Waals surface area contributed by atoms with Gasteiger partial charge < -0.3 is 20.5 Å². The largest absolute Gasteiger partial charge is 0.384 e. The quantitative estimate of drug-likeness (QED) is 0.509. The normalized spacial score (nSPS) is 11.2. The molecular formula is C14H18N2O4S. The number of methoxy groups -OCH3 is 1. The first-order valence-electron chi connectivity index (χ1n) is 6.35. The summed E-state index contributed by atoms with van der Waals surface area (Å²) in [4.78, 5) is 24.3. The molecule has 0 saturated carbocycles. The Morgan fingerprint density at radius 1 is 1.52 bits per heavy atom. The van der Waals surface area contributed by atoms with Gasteiger partial charge in [0, 0.05) is 19.2 Å². The molecule has 1 heterocycles. The minimum absolute atomic E-state index is 0.269. The van der Waals surface area contributed by atoms with Gasteiger partial charge in [-0.05, 0) is 18.4 Å². The van der Waals surface area contributed by atoms with Gasteiger partial charge in [0.1, 0.15) is 17.5 Å². The topological polar surface area (TPSA) is 87.7 Å². The van der Waals surface area contributed by atoms with Gasteiger partial charge >= 0.3 is 0 Å². The molecule has 1 rings (SSSR count). The summed E-state index contributed by atoms with van der Waals surface area (Å²) >= 11 is 1.24. The Balaban J connectivity index is 2.60. The van der Waals surface area contributed by atoms with E-state index in [0.29, 0.717) is 23.6 Å². The van der Waals surface area contributed by atoms with E-state index in [2.05, 4.69) is 22.5 Å². The molecule has 0 fully saturated rings. The van der Waals surface area contributed by atoms with Crippen LogP contribution in [0, 0.1) is 11.8 Å². The summed E-state index contributed by atoms with van der Waals surface area (Å²) in [7, 11) is 1.54. The zero-order valence-corrected chi connectivity index (χ0v) is 12.8. The van der Waals surface area contributed by atoms with E-state index in [0.717, 1.165) is 0 Å². The van der Waals surface area contributed by atoms with Crippen LogP contribution in [0.3, 0.4) is 0 Å². The molecule has 0 aliphatic carbocycles. The number of thiophene rings is 1. The van der Waals surface area contributed by atoms with Crippen LogP contribution in [0.1, 0.15) is 22.2 Å². The second-order valence-corrected chi connectivity index (χ2v) is 5.02. The standard InChI is InChI=1S/C14H18N2O4S/c1-10(13(18)15-6-8-20-2)16-14(19)12-11(4-3-7-17)5-9-21-12/h5,9-10,17H,6-8H2,1-2H3,(H,15,18)(H,16,19). The van der Waals surface area contributed by atoms with Crippen molar-refractivity contribution in [3.63, 3.8) is 0 Å². The number of rotatable bonds is 6. The van der Waals surface area contributed by atoms with Crippen molar-refractivity contribution in [2.45, 2.75) is 13.0 Å². The maximum atomic E-state index is 12.1. The van der Waals surface area contributed by atoms with Gasteiger partial charge in [-0.3, -0.25) is 9.59 Å². The highest BCUT2D eigenvalue weighted by Gasteiger charge is 2.18. The van der Waals surface area contributed by atoms with Crippen LogP contribution >= 0.6 is 11.3 Å². The van der Waals surface area contributed by atoms with Gasteiger partial charge in [0.2, 0.25) is 5.91 Å². The average molecular weight is 310 g/mol. The minimum atomic E-state index is -0.657. The summed E-state index contributed by atoms with van der Waals surface area (Å²) in [6, 6.07) is 1.04. The molecule has 0 aromatic carbocycles. The van der Waals surface area contributed by atoms with Crippen LogP contribution in [0.2, 0.25) is 0 Å². The van der Waals surface area contributed by atoms with Crippen molar-refractivity contribution >= 4 is 23.2 Å². The summed E-state index contributed by atoms with van der Waals surface area (Å²) in [5.74, 6) is 4.56. The van der Waals surface area contributed by atoms with Crippen molar-refractivity contribution in [3.8, 4) is 11.8 Å². The van der Waals surface area contributed by atoms with Crippen molar-refractivity contribution < 1.29 is 19.4 Å². The molecule has 3 N–H and O–H groups in total. The molecule has 1 atom stereocenters. The third-order valence-corrected chi connectivity index (χ3v) is 3.43. The summed E-state index contributed by atoms with van der Waals surface area (Å²) in [6.07, 6.45) is 0. The van der Waals surface area contributed by atoms with Crippen LogP contribution in [0.25, 0.3) is 0 Å². The summed E-state index contributed by atoms with van der Waals surface area (Å²) in [5, 5.41) is 15.7. The number of aliphatic hydroxyl groups is 1. The lowest BCUT2D eigenvalue weighted by Gasteiger charge is -2.13. The lowest BCUT2D eigenvalue weighted by Crippen LogP contribution is -2.45. The Labute approximate surface area is 127 Å². The number of nitrogens with one attached hydrogen (secondary N) is 2. The molecule has 0 aliphatic heterocycles. The third kappa shape index (κ3) is 5.55. The number of aliphatic hydroxyl groups excluding tert-OH is 1. The van der Waals surface area contributed by atoms with Gasteiger partial charge in [0.25, 0.3) is 5.91 Å². The Kier molecular flexibility index (Phi) is 7.46. The van der Waals surface area contributed by atoms with Gasteiger partial charge in [-0.25, -0.2) is 0 Å². The fraction of sp³-hybridized carbons (Fsp3) is 0.429. The van der Waals surface area contributed by atoms with Gasteiger partial charge in [0.05, 0.1) is 6.61 Å². The Hall–Kier alpha value is -1.88. The summed E-state index contributed by atoms with van der Waals surface area (Å²) in [5.41, 5.74) is 0.540. The molecule has 7 heteroatoms. The smallest absolute Gasteiger partial charge is 0.263 e. The molecule has 21 heavy (non-hydrogen) atoms. The molecule has 2 amide bonds. The van der Waals surface area contributed by atoms with E-state index in [-0.39, 0.29) is 18.4 Å². The molecule has 0 bridgehead atoms. The molecule has 1 unspecified atom stereocenters. The second-order valence-electron chi connectivity index (χ2n) is 4.10. The van der Waals surface area contributed by atoms with E-state index >= 15 is 0 Å². The molecule has 1 aromatic rings. The van der Waals surface area contributed by atoms with Gasteiger partial charge in [0.15, 0.2) is 0 Å². The third-order valence-electron chi connectivity index (χ3n) is 2.52. The maximum Gasteiger partial charge on any atom is 0.263 e. The first kappa shape index (κ1) is 17.2. The van der Waals surface area contributed by atoms with Crippen LogP contribution in [0.5, 0.6) is 0 Å². The number of carbonyl (C=O) groups is 2. The van der Waals surface area contributed by atoms with Crippen LogP contribution in [0.15, 0.2) is 11.4 Å². The Bertz CT molecular complexity index is 545. The highest BCUT2D eigenvalue weighted by molar-refractivity contribution is 7.12. The molecule has 0 radical (unpaired) electrons. The Morgan fingerprint density at radius 2 is 2.29 bits per heavy atom. The summed E-state index contributed by atoms with van der Waals surface area (Å²) < 4.78 is 4.83. The van der Waals surface area contributed by atoms with Crippen LogP contribution in [-0.4, -0.2) is 49.8 Å². The number of carbonyl (C=O) groups excluding carboxylic acids is 2. The molecule has 0 spiro atoms. The van der Waals surface area contributed by atoms with Gasteiger partial charge in [-0.2, -0.15) is 0 Å². The zero-order chi connectivity index (χ0) is 15.7. The monoisotopic (exact) mass is 310 g/mol. The summed E-state index contributed by atoms with van der Waals surface area (Å²) in [6.45, 7) is 2.14. The number of ether oxygens (including phenoxy) is 1. The van der Waals surface area contributed by atoms with E-state index in [1.807, 2.05) is 0 Å². The molecular weight excluding hydrogens is 292 g/mol. The van der Waals surface area contributed by atoms with E-state index in [9.17, 15) is 9.59 Å². The van der Waals surface area contributed by atoms with Crippen molar-refractivity contribution in [1.82, 2.24) is 10.6 Å². The highest BCUT2D eigenvalue weighted by Crippen LogP contribution is 2.15. The first-order valence-corrected chi connectivity index (χ1v) is 7.22. The second kappa shape index (κ2) is 9.13. The zero-order valence-electron chi connectivity index (χ0n) is 11.9. The predicted molar refractivity (Wildman–Crippen MR) is 80.1 cm³/mol.